The van der Waals surface area contributed by atoms with Gasteiger partial charge in [0, 0.05) is 6.54 Å². The van der Waals surface area contributed by atoms with Crippen LogP contribution in [0.25, 0.3) is 0 Å². The molecule has 0 radical (unpaired) electrons. The minimum Gasteiger partial charge on any atom is -0.489 e. The summed E-state index contributed by atoms with van der Waals surface area (Å²) in [4.78, 5) is 0. The Balaban J connectivity index is 1.79. The van der Waals surface area contributed by atoms with Gasteiger partial charge in [0.15, 0.2) is 0 Å². The molecule has 0 amide bonds. The minimum atomic E-state index is 0.313. The van der Waals surface area contributed by atoms with Gasteiger partial charge in [0.05, 0.1) is 0 Å². The van der Waals surface area contributed by atoms with Crippen LogP contribution in [0.2, 0.25) is 0 Å². The maximum atomic E-state index is 5.92. The van der Waals surface area contributed by atoms with Crippen molar-refractivity contribution in [3.63, 3.8) is 0 Å². The van der Waals surface area contributed by atoms with Gasteiger partial charge < -0.3 is 15.8 Å². The smallest absolute Gasteiger partial charge is 0.122 e. The van der Waals surface area contributed by atoms with Crippen LogP contribution in [0.5, 0.6) is 5.75 Å². The molecule has 0 bridgehead atoms. The summed E-state index contributed by atoms with van der Waals surface area (Å²) in [5.74, 6) is 1.05. The van der Waals surface area contributed by atoms with Crippen LogP contribution in [0, 0.1) is 0 Å². The maximum absolute atomic E-state index is 5.92. The van der Waals surface area contributed by atoms with E-state index in [1.54, 1.807) is 0 Å². The Labute approximate surface area is 97.0 Å². The monoisotopic (exact) mass is 220 g/mol. The van der Waals surface area contributed by atoms with Crippen LogP contribution in [0.4, 0.5) is 0 Å². The van der Waals surface area contributed by atoms with E-state index in [4.69, 9.17) is 10.5 Å². The SMILES string of the molecule is NCCCNC[C@H]1CCc2ccccc2O1. The molecule has 0 spiro atoms. The highest BCUT2D eigenvalue weighted by Gasteiger charge is 2.18. The standard InChI is InChI=1S/C13H20N2O/c14-8-3-9-15-10-12-7-6-11-4-1-2-5-13(11)16-12/h1-2,4-5,12,15H,3,6-10,14H2/t12-/m1/s1. The molecule has 0 aromatic heterocycles. The van der Waals surface area contributed by atoms with E-state index in [1.807, 2.05) is 6.07 Å². The molecule has 0 unspecified atom stereocenters. The van der Waals surface area contributed by atoms with E-state index in [0.717, 1.165) is 44.6 Å². The third-order valence-corrected chi connectivity index (χ3v) is 2.93. The molecular formula is C13H20N2O. The van der Waals surface area contributed by atoms with Crippen LogP contribution in [-0.4, -0.2) is 25.7 Å². The first kappa shape index (κ1) is 11.4. The summed E-state index contributed by atoms with van der Waals surface area (Å²) in [6.07, 6.45) is 3.57. The molecule has 3 N–H and O–H groups in total. The average Bonchev–Trinajstić information content (AvgIpc) is 2.34. The van der Waals surface area contributed by atoms with Crippen LogP contribution in [0.1, 0.15) is 18.4 Å². The Morgan fingerprint density at radius 2 is 2.25 bits per heavy atom. The van der Waals surface area contributed by atoms with Crippen molar-refractivity contribution in [2.75, 3.05) is 19.6 Å². The molecule has 88 valence electrons. The second-order valence-electron chi connectivity index (χ2n) is 4.23. The van der Waals surface area contributed by atoms with Gasteiger partial charge >= 0.3 is 0 Å². The van der Waals surface area contributed by atoms with Gasteiger partial charge in [-0.1, -0.05) is 18.2 Å². The van der Waals surface area contributed by atoms with Crippen LogP contribution >= 0.6 is 0 Å². The Hall–Kier alpha value is -1.06. The quantitative estimate of drug-likeness (QED) is 0.736. The van der Waals surface area contributed by atoms with Crippen molar-refractivity contribution in [1.29, 1.82) is 0 Å². The molecule has 0 saturated carbocycles. The zero-order valence-electron chi connectivity index (χ0n) is 9.61. The minimum absolute atomic E-state index is 0.313. The van der Waals surface area contributed by atoms with Gasteiger partial charge in [0.1, 0.15) is 11.9 Å². The lowest BCUT2D eigenvalue weighted by Gasteiger charge is -2.26. The van der Waals surface area contributed by atoms with Crippen molar-refractivity contribution in [3.05, 3.63) is 29.8 Å². The number of rotatable bonds is 5. The molecular weight excluding hydrogens is 200 g/mol. The van der Waals surface area contributed by atoms with Crippen molar-refractivity contribution >= 4 is 0 Å². The summed E-state index contributed by atoms with van der Waals surface area (Å²) in [6.45, 7) is 2.66. The number of benzene rings is 1. The number of aryl methyl sites for hydroxylation is 1. The maximum Gasteiger partial charge on any atom is 0.122 e. The Kier molecular flexibility index (Phi) is 4.19. The molecule has 1 aromatic rings. The molecule has 1 heterocycles. The summed E-state index contributed by atoms with van der Waals surface area (Å²) in [7, 11) is 0. The largest absolute Gasteiger partial charge is 0.489 e. The highest BCUT2D eigenvalue weighted by atomic mass is 16.5. The number of para-hydroxylation sites is 1. The van der Waals surface area contributed by atoms with Crippen LogP contribution in [0.15, 0.2) is 24.3 Å². The van der Waals surface area contributed by atoms with Crippen molar-refractivity contribution in [2.24, 2.45) is 5.73 Å². The van der Waals surface area contributed by atoms with E-state index >= 15 is 0 Å². The molecule has 3 heteroatoms. The van der Waals surface area contributed by atoms with Gasteiger partial charge in [-0.2, -0.15) is 0 Å². The third-order valence-electron chi connectivity index (χ3n) is 2.93. The summed E-state index contributed by atoms with van der Waals surface area (Å²) in [6, 6.07) is 8.31. The molecule has 0 aliphatic carbocycles. The molecule has 3 nitrogen and oxygen atoms in total. The fourth-order valence-electron chi connectivity index (χ4n) is 2.01. The first-order chi connectivity index (χ1) is 7.90. The summed E-state index contributed by atoms with van der Waals surface area (Å²) < 4.78 is 5.92. The van der Waals surface area contributed by atoms with Gasteiger partial charge in [0.2, 0.25) is 0 Å². The number of fused-ring (bicyclic) bond motifs is 1. The molecule has 0 saturated heterocycles. The van der Waals surface area contributed by atoms with Crippen LogP contribution in [-0.2, 0) is 6.42 Å². The summed E-state index contributed by atoms with van der Waals surface area (Å²) in [5.41, 5.74) is 6.77. The normalized spacial score (nSPS) is 18.9. The Morgan fingerprint density at radius 3 is 3.12 bits per heavy atom. The van der Waals surface area contributed by atoms with Crippen molar-refractivity contribution in [2.45, 2.75) is 25.4 Å². The van der Waals surface area contributed by atoms with E-state index < -0.39 is 0 Å². The molecule has 2 rings (SSSR count). The van der Waals surface area contributed by atoms with E-state index in [1.165, 1.54) is 5.56 Å². The van der Waals surface area contributed by atoms with E-state index in [9.17, 15) is 0 Å². The fraction of sp³-hybridized carbons (Fsp3) is 0.538. The highest BCUT2D eigenvalue weighted by Crippen LogP contribution is 2.26. The number of ether oxygens (including phenoxy) is 1. The number of hydrogen-bond donors (Lipinski definition) is 2. The Morgan fingerprint density at radius 1 is 1.38 bits per heavy atom. The lowest BCUT2D eigenvalue weighted by Crippen LogP contribution is -2.35. The van der Waals surface area contributed by atoms with Gasteiger partial charge in [0.25, 0.3) is 0 Å². The number of nitrogens with two attached hydrogens (primary N) is 1. The van der Waals surface area contributed by atoms with Crippen LogP contribution in [0.3, 0.4) is 0 Å². The predicted octanol–water partition coefficient (Wildman–Crippen LogP) is 1.32. The molecule has 1 aromatic carbocycles. The van der Waals surface area contributed by atoms with Crippen molar-refractivity contribution in [3.8, 4) is 5.75 Å². The first-order valence-electron chi connectivity index (χ1n) is 6.05. The van der Waals surface area contributed by atoms with Gasteiger partial charge in [-0.15, -0.1) is 0 Å². The fourth-order valence-corrected chi connectivity index (χ4v) is 2.01. The second-order valence-corrected chi connectivity index (χ2v) is 4.23. The first-order valence-corrected chi connectivity index (χ1v) is 6.05. The highest BCUT2D eigenvalue weighted by molar-refractivity contribution is 5.35. The zero-order chi connectivity index (χ0) is 11.2. The Bertz CT molecular complexity index is 327. The van der Waals surface area contributed by atoms with Gasteiger partial charge in [-0.25, -0.2) is 0 Å². The average molecular weight is 220 g/mol. The molecule has 1 aliphatic rings. The lowest BCUT2D eigenvalue weighted by molar-refractivity contribution is 0.171. The molecule has 16 heavy (non-hydrogen) atoms. The zero-order valence-corrected chi connectivity index (χ0v) is 9.61. The predicted molar refractivity (Wildman–Crippen MR) is 65.7 cm³/mol. The summed E-state index contributed by atoms with van der Waals surface area (Å²) in [5, 5.41) is 3.38. The van der Waals surface area contributed by atoms with Crippen molar-refractivity contribution in [1.82, 2.24) is 5.32 Å². The van der Waals surface area contributed by atoms with E-state index in [-0.39, 0.29) is 0 Å². The van der Waals surface area contributed by atoms with Gasteiger partial charge in [-0.05, 0) is 44.0 Å². The van der Waals surface area contributed by atoms with Gasteiger partial charge in [-0.3, -0.25) is 0 Å². The van der Waals surface area contributed by atoms with Crippen LogP contribution < -0.4 is 15.8 Å². The third kappa shape index (κ3) is 2.97. The molecule has 0 fully saturated rings. The molecule has 1 atom stereocenters. The summed E-state index contributed by atoms with van der Waals surface area (Å²) >= 11 is 0. The number of nitrogens with one attached hydrogen (secondary N) is 1. The van der Waals surface area contributed by atoms with E-state index in [2.05, 4.69) is 23.5 Å². The lowest BCUT2D eigenvalue weighted by atomic mass is 10.0. The van der Waals surface area contributed by atoms with Crippen molar-refractivity contribution < 1.29 is 4.74 Å². The molecule has 1 aliphatic heterocycles. The number of hydrogen-bond acceptors (Lipinski definition) is 3. The second kappa shape index (κ2) is 5.87. The topological polar surface area (TPSA) is 47.3 Å². The van der Waals surface area contributed by atoms with E-state index in [0.29, 0.717) is 6.10 Å².